The van der Waals surface area contributed by atoms with Gasteiger partial charge < -0.3 is 38.6 Å². The number of nitrogens with zero attached hydrogens (tertiary/aromatic N) is 2. The van der Waals surface area contributed by atoms with Crippen LogP contribution in [0.4, 0.5) is 9.59 Å². The Kier molecular flexibility index (Phi) is 8.82. The average molecular weight is 613 g/mol. The van der Waals surface area contributed by atoms with Gasteiger partial charge in [0.1, 0.15) is 37.6 Å². The first-order valence-electron chi connectivity index (χ1n) is 15.0. The third-order valence-corrected chi connectivity index (χ3v) is 8.65. The highest BCUT2D eigenvalue weighted by atomic mass is 16.8. The molecule has 7 rings (SSSR count). The lowest BCUT2D eigenvalue weighted by molar-refractivity contribution is -0.212. The van der Waals surface area contributed by atoms with Crippen LogP contribution in [-0.2, 0) is 41.6 Å². The largest absolute Gasteiger partial charge is 0.445 e. The van der Waals surface area contributed by atoms with Crippen molar-refractivity contribution in [1.82, 2.24) is 9.80 Å². The molecule has 2 unspecified atom stereocenters. The zero-order valence-electron chi connectivity index (χ0n) is 25.1. The molecule has 2 aromatic carbocycles. The second-order valence-corrected chi connectivity index (χ2v) is 12.3. The molecule has 5 fully saturated rings. The third kappa shape index (κ3) is 6.28. The van der Waals surface area contributed by atoms with Crippen LogP contribution >= 0.6 is 0 Å². The second kappa shape index (κ2) is 12.6. The number of ether oxygens (including phenoxy) is 6. The summed E-state index contributed by atoms with van der Waals surface area (Å²) < 4.78 is 33.6. The number of carbonyl (C=O) groups excluding carboxylic acids is 2. The van der Waals surface area contributed by atoms with E-state index in [0.29, 0.717) is 13.2 Å². The maximum Gasteiger partial charge on any atom is 0.410 e. The zero-order valence-corrected chi connectivity index (χ0v) is 25.1. The van der Waals surface area contributed by atoms with Crippen LogP contribution in [0, 0.1) is 5.92 Å². The molecule has 0 bridgehead atoms. The van der Waals surface area contributed by atoms with Crippen LogP contribution in [0.5, 0.6) is 0 Å². The molecular formula is C32H40N2O10. The van der Waals surface area contributed by atoms with Crippen molar-refractivity contribution >= 4 is 12.2 Å². The van der Waals surface area contributed by atoms with Gasteiger partial charge in [-0.25, -0.2) is 9.59 Å². The molecule has 5 heterocycles. The second-order valence-electron chi connectivity index (χ2n) is 12.3. The van der Waals surface area contributed by atoms with Crippen molar-refractivity contribution in [2.24, 2.45) is 5.92 Å². The molecule has 9 atom stereocenters. The Morgan fingerprint density at radius 3 is 1.95 bits per heavy atom. The molecule has 238 valence electrons. The van der Waals surface area contributed by atoms with Crippen molar-refractivity contribution in [2.75, 3.05) is 19.7 Å². The van der Waals surface area contributed by atoms with Crippen molar-refractivity contribution in [3.05, 3.63) is 71.8 Å². The maximum absolute atomic E-state index is 12.5. The van der Waals surface area contributed by atoms with E-state index in [9.17, 15) is 19.8 Å². The number of aliphatic hydroxyl groups excluding tert-OH is 2. The first kappa shape index (κ1) is 30.8. The molecular weight excluding hydrogens is 572 g/mol. The fourth-order valence-corrected chi connectivity index (χ4v) is 6.66. The molecule has 5 saturated heterocycles. The van der Waals surface area contributed by atoms with Crippen LogP contribution in [0.1, 0.15) is 31.9 Å². The molecule has 0 radical (unpaired) electrons. The van der Waals surface area contributed by atoms with Crippen LogP contribution < -0.4 is 0 Å². The molecule has 0 saturated carbocycles. The molecule has 12 heteroatoms. The Hall–Kier alpha value is -3.26. The lowest BCUT2D eigenvalue weighted by Crippen LogP contribution is -2.46. The van der Waals surface area contributed by atoms with Gasteiger partial charge in [-0.2, -0.15) is 0 Å². The van der Waals surface area contributed by atoms with Crippen molar-refractivity contribution in [1.29, 1.82) is 0 Å². The highest BCUT2D eigenvalue weighted by Gasteiger charge is 2.62. The summed E-state index contributed by atoms with van der Waals surface area (Å²) >= 11 is 0. The summed E-state index contributed by atoms with van der Waals surface area (Å²) in [5, 5.41) is 20.2. The van der Waals surface area contributed by atoms with Crippen molar-refractivity contribution in [3.63, 3.8) is 0 Å². The van der Waals surface area contributed by atoms with Gasteiger partial charge in [0.05, 0.1) is 31.3 Å². The molecule has 44 heavy (non-hydrogen) atoms. The van der Waals surface area contributed by atoms with Gasteiger partial charge >= 0.3 is 12.2 Å². The Balaban J connectivity index is 0.000000159. The first-order chi connectivity index (χ1) is 21.1. The summed E-state index contributed by atoms with van der Waals surface area (Å²) in [6, 6.07) is 18.3. The molecule has 5 aliphatic heterocycles. The molecule has 2 aromatic rings. The van der Waals surface area contributed by atoms with E-state index in [1.165, 1.54) is 4.90 Å². The van der Waals surface area contributed by atoms with Crippen LogP contribution in [0.3, 0.4) is 0 Å². The van der Waals surface area contributed by atoms with E-state index in [4.69, 9.17) is 28.4 Å². The number of rotatable bonds is 4. The maximum atomic E-state index is 12.5. The number of β-amino-alcohol motifs (C(OH)–C–C–N with tert-alkyl or cyclic N) is 1. The van der Waals surface area contributed by atoms with Gasteiger partial charge in [-0.05, 0) is 25.0 Å². The first-order valence-corrected chi connectivity index (χ1v) is 15.0. The van der Waals surface area contributed by atoms with Gasteiger partial charge in [-0.3, -0.25) is 9.80 Å². The number of benzene rings is 2. The van der Waals surface area contributed by atoms with E-state index in [0.717, 1.165) is 11.1 Å². The van der Waals surface area contributed by atoms with Gasteiger partial charge in [-0.1, -0.05) is 67.6 Å². The monoisotopic (exact) mass is 612 g/mol. The predicted octanol–water partition coefficient (Wildman–Crippen LogP) is 2.65. The number of aliphatic hydroxyl groups is 2. The Bertz CT molecular complexity index is 1300. The van der Waals surface area contributed by atoms with Gasteiger partial charge in [0.2, 0.25) is 0 Å². The SMILES string of the molecule is CC1(C)O[C@H]2OC3[C@H](O)CN(C(=O)OCc4ccccc4)[C@@H]3[C@H]2O1.C[C@@H]1CN(C(=O)OCc2ccccc2)[C@H]2C1OC[C@@H]2O. The van der Waals surface area contributed by atoms with Gasteiger partial charge in [0.15, 0.2) is 12.1 Å². The number of carbonyl (C=O) groups is 2. The third-order valence-electron chi connectivity index (χ3n) is 8.65. The lowest BCUT2D eigenvalue weighted by atomic mass is 10.0. The van der Waals surface area contributed by atoms with Crippen molar-refractivity contribution in [2.45, 2.75) is 88.7 Å². The molecule has 5 aliphatic rings. The smallest absolute Gasteiger partial charge is 0.410 e. The van der Waals surface area contributed by atoms with E-state index in [2.05, 4.69) is 0 Å². The minimum atomic E-state index is -0.778. The van der Waals surface area contributed by atoms with Gasteiger partial charge in [0, 0.05) is 12.5 Å². The normalized spacial score (nSPS) is 34.5. The summed E-state index contributed by atoms with van der Waals surface area (Å²) in [7, 11) is 0. The van der Waals surface area contributed by atoms with E-state index in [-0.39, 0.29) is 43.9 Å². The molecule has 2 N–H and O–H groups in total. The van der Waals surface area contributed by atoms with Crippen LogP contribution in [0.15, 0.2) is 60.7 Å². The van der Waals surface area contributed by atoms with Crippen LogP contribution in [-0.4, -0.2) is 107 Å². The minimum absolute atomic E-state index is 0.0747. The summed E-state index contributed by atoms with van der Waals surface area (Å²) in [6.45, 7) is 7.08. The van der Waals surface area contributed by atoms with Crippen molar-refractivity contribution in [3.8, 4) is 0 Å². The van der Waals surface area contributed by atoms with Gasteiger partial charge in [-0.15, -0.1) is 0 Å². The van der Waals surface area contributed by atoms with E-state index in [1.54, 1.807) is 18.7 Å². The van der Waals surface area contributed by atoms with Crippen LogP contribution in [0.2, 0.25) is 0 Å². The average Bonchev–Trinajstić information content (AvgIpc) is 3.79. The highest BCUT2D eigenvalue weighted by Crippen LogP contribution is 2.43. The predicted molar refractivity (Wildman–Crippen MR) is 154 cm³/mol. The number of fused-ring (bicyclic) bond motifs is 4. The number of likely N-dealkylation sites (tertiary alicyclic amines) is 2. The van der Waals surface area contributed by atoms with E-state index < -0.39 is 48.6 Å². The summed E-state index contributed by atoms with van der Waals surface area (Å²) in [6.07, 6.45) is -3.84. The zero-order chi connectivity index (χ0) is 31.0. The molecule has 0 spiro atoms. The van der Waals surface area contributed by atoms with E-state index >= 15 is 0 Å². The Morgan fingerprint density at radius 1 is 0.795 bits per heavy atom. The summed E-state index contributed by atoms with van der Waals surface area (Å²) in [5.41, 5.74) is 1.86. The standard InChI is InChI=1S/C17H21NO6.C15H19NO4/c1-17(2)23-14-12-13(22-15(14)24-17)11(19)8-18(12)16(20)21-9-10-6-4-3-5-7-10;1-10-7-16(13-12(17)9-19-14(10)13)15(18)20-8-11-5-3-2-4-6-11/h3-7,11-15,19H,8-9H2,1-2H3;2-6,10,12-14,17H,7-9H2,1H3/t11-,12+,13?,14-,15-;10-,12+,13-,14?/m11/s1. The van der Waals surface area contributed by atoms with Crippen molar-refractivity contribution < 1.29 is 48.2 Å². The van der Waals surface area contributed by atoms with E-state index in [1.807, 2.05) is 67.6 Å². The minimum Gasteiger partial charge on any atom is -0.445 e. The number of hydrogen-bond donors (Lipinski definition) is 2. The van der Waals surface area contributed by atoms with Crippen LogP contribution in [0.25, 0.3) is 0 Å². The van der Waals surface area contributed by atoms with Gasteiger partial charge in [0.25, 0.3) is 0 Å². The molecule has 2 amide bonds. The molecule has 12 nitrogen and oxygen atoms in total. The topological polar surface area (TPSA) is 136 Å². The Labute approximate surface area is 256 Å². The summed E-state index contributed by atoms with van der Waals surface area (Å²) in [5.74, 6) is -0.547. The molecule has 0 aromatic heterocycles. The quantitative estimate of drug-likeness (QED) is 0.530. The highest BCUT2D eigenvalue weighted by molar-refractivity contribution is 5.69. The number of amides is 2. The fourth-order valence-electron chi connectivity index (χ4n) is 6.66. The Morgan fingerprint density at radius 2 is 1.36 bits per heavy atom. The summed E-state index contributed by atoms with van der Waals surface area (Å²) in [4.78, 5) is 27.8. The molecule has 0 aliphatic carbocycles. The number of hydrogen-bond acceptors (Lipinski definition) is 10. The lowest BCUT2D eigenvalue weighted by Gasteiger charge is -2.27. The fraction of sp³-hybridized carbons (Fsp3) is 0.562.